The van der Waals surface area contributed by atoms with E-state index in [1.807, 2.05) is 0 Å². The molecule has 1 atom stereocenters. The van der Waals surface area contributed by atoms with Crippen LogP contribution < -0.4 is 11.3 Å². The van der Waals surface area contributed by atoms with Crippen LogP contribution in [0.2, 0.25) is 5.02 Å². The van der Waals surface area contributed by atoms with Crippen LogP contribution in [0.3, 0.4) is 0 Å². The Hall–Kier alpha value is -0.950. The van der Waals surface area contributed by atoms with E-state index in [1.165, 1.54) is 6.07 Å². The Morgan fingerprint density at radius 3 is 2.84 bits per heavy atom. The first-order valence-corrected chi connectivity index (χ1v) is 6.78. The third-order valence-electron chi connectivity index (χ3n) is 2.94. The van der Waals surface area contributed by atoms with Crippen molar-refractivity contribution in [2.75, 3.05) is 0 Å². The minimum Gasteiger partial charge on any atom is -0.271 e. The molecular weight excluding hydrogens is 335 g/mol. The molecule has 1 unspecified atom stereocenters. The fraction of sp³-hybridized carbons (Fsp3) is 0.250. The summed E-state index contributed by atoms with van der Waals surface area (Å²) in [6.45, 7) is 0. The second-order valence-electron chi connectivity index (χ2n) is 4.12. The predicted octanol–water partition coefficient (Wildman–Crippen LogP) is 2.72. The lowest BCUT2D eigenvalue weighted by molar-refractivity contribution is 0.494. The van der Waals surface area contributed by atoms with Gasteiger partial charge in [0.25, 0.3) is 0 Å². The van der Waals surface area contributed by atoms with E-state index in [0.717, 1.165) is 10.2 Å². The first kappa shape index (κ1) is 14.5. The van der Waals surface area contributed by atoms with Crippen molar-refractivity contribution in [2.24, 2.45) is 12.9 Å². The van der Waals surface area contributed by atoms with Crippen LogP contribution in [0.25, 0.3) is 0 Å². The van der Waals surface area contributed by atoms with Crippen LogP contribution in [0.4, 0.5) is 4.39 Å². The number of aryl methyl sites for hydroxylation is 1. The molecule has 4 nitrogen and oxygen atoms in total. The van der Waals surface area contributed by atoms with Crippen molar-refractivity contribution < 1.29 is 4.39 Å². The highest BCUT2D eigenvalue weighted by Gasteiger charge is 2.20. The van der Waals surface area contributed by atoms with Crippen molar-refractivity contribution in [2.45, 2.75) is 12.5 Å². The number of hydrogen-bond acceptors (Lipinski definition) is 3. The monoisotopic (exact) mass is 346 g/mol. The summed E-state index contributed by atoms with van der Waals surface area (Å²) in [5.74, 6) is 5.23. The summed E-state index contributed by atoms with van der Waals surface area (Å²) in [6.07, 6.45) is 2.00. The van der Waals surface area contributed by atoms with Gasteiger partial charge in [0.2, 0.25) is 0 Å². The molecule has 1 aromatic heterocycles. The SMILES string of the molecule is Cn1ncc(Br)c1C(Cc1c(F)cccc1Cl)NN. The first-order valence-electron chi connectivity index (χ1n) is 5.61. The molecule has 0 bridgehead atoms. The number of nitrogens with one attached hydrogen (secondary N) is 1. The quantitative estimate of drug-likeness (QED) is 0.660. The van der Waals surface area contributed by atoms with Gasteiger partial charge >= 0.3 is 0 Å². The zero-order valence-electron chi connectivity index (χ0n) is 10.2. The number of rotatable bonds is 4. The van der Waals surface area contributed by atoms with Crippen LogP contribution in [-0.2, 0) is 13.5 Å². The molecule has 3 N–H and O–H groups in total. The maximum atomic E-state index is 13.8. The van der Waals surface area contributed by atoms with E-state index in [1.54, 1.807) is 30.1 Å². The maximum absolute atomic E-state index is 13.8. The minimum absolute atomic E-state index is 0.295. The molecule has 19 heavy (non-hydrogen) atoms. The van der Waals surface area contributed by atoms with E-state index in [4.69, 9.17) is 17.4 Å². The Kier molecular flexibility index (Phi) is 4.57. The Balaban J connectivity index is 2.35. The molecule has 0 fully saturated rings. The van der Waals surface area contributed by atoms with Gasteiger partial charge in [0, 0.05) is 17.6 Å². The summed E-state index contributed by atoms with van der Waals surface area (Å²) in [5.41, 5.74) is 3.94. The van der Waals surface area contributed by atoms with Crippen molar-refractivity contribution in [1.82, 2.24) is 15.2 Å². The second-order valence-corrected chi connectivity index (χ2v) is 5.39. The molecular formula is C12H13BrClFN4. The maximum Gasteiger partial charge on any atom is 0.127 e. The molecule has 0 aliphatic carbocycles. The van der Waals surface area contributed by atoms with Crippen LogP contribution in [-0.4, -0.2) is 9.78 Å². The molecule has 2 rings (SSSR count). The largest absolute Gasteiger partial charge is 0.271 e. The summed E-state index contributed by atoms with van der Waals surface area (Å²) in [7, 11) is 1.80. The van der Waals surface area contributed by atoms with Gasteiger partial charge in [0.1, 0.15) is 5.82 Å². The van der Waals surface area contributed by atoms with Crippen molar-refractivity contribution >= 4 is 27.5 Å². The number of aromatic nitrogens is 2. The van der Waals surface area contributed by atoms with E-state index < -0.39 is 0 Å². The van der Waals surface area contributed by atoms with Crippen LogP contribution in [0.1, 0.15) is 17.3 Å². The minimum atomic E-state index is -0.342. The summed E-state index contributed by atoms with van der Waals surface area (Å²) >= 11 is 9.43. The van der Waals surface area contributed by atoms with Gasteiger partial charge in [-0.1, -0.05) is 17.7 Å². The van der Waals surface area contributed by atoms with E-state index in [-0.39, 0.29) is 11.9 Å². The zero-order valence-corrected chi connectivity index (χ0v) is 12.5. The van der Waals surface area contributed by atoms with Gasteiger partial charge in [0.15, 0.2) is 0 Å². The van der Waals surface area contributed by atoms with E-state index in [0.29, 0.717) is 17.0 Å². The molecule has 1 heterocycles. The summed E-state index contributed by atoms with van der Waals surface area (Å²) in [6, 6.07) is 4.32. The first-order chi connectivity index (χ1) is 9.04. The van der Waals surface area contributed by atoms with E-state index in [2.05, 4.69) is 26.5 Å². The number of hydrazine groups is 1. The number of halogens is 3. The molecule has 0 aliphatic rings. The molecule has 0 saturated carbocycles. The molecule has 102 valence electrons. The van der Waals surface area contributed by atoms with Gasteiger partial charge in [-0.25, -0.2) is 4.39 Å². The van der Waals surface area contributed by atoms with Crippen molar-refractivity contribution in [3.63, 3.8) is 0 Å². The van der Waals surface area contributed by atoms with Crippen LogP contribution >= 0.6 is 27.5 Å². The van der Waals surface area contributed by atoms with E-state index >= 15 is 0 Å². The van der Waals surface area contributed by atoms with Gasteiger partial charge < -0.3 is 0 Å². The summed E-state index contributed by atoms with van der Waals surface area (Å²) < 4.78 is 16.3. The predicted molar refractivity (Wildman–Crippen MR) is 76.1 cm³/mol. The number of hydrogen-bond donors (Lipinski definition) is 2. The van der Waals surface area contributed by atoms with Gasteiger partial charge in [-0.05, 0) is 34.5 Å². The standard InChI is InChI=1S/C12H13BrClFN4/c1-19-12(8(13)6-17-19)11(18-16)5-7-9(14)3-2-4-10(7)15/h2-4,6,11,18H,5,16H2,1H3. The number of benzene rings is 1. The average molecular weight is 348 g/mol. The highest BCUT2D eigenvalue weighted by Crippen LogP contribution is 2.28. The second kappa shape index (κ2) is 6.00. The van der Waals surface area contributed by atoms with Gasteiger partial charge in [-0.15, -0.1) is 0 Å². The molecule has 1 aromatic carbocycles. The van der Waals surface area contributed by atoms with Gasteiger partial charge in [-0.3, -0.25) is 16.0 Å². The Morgan fingerprint density at radius 2 is 2.32 bits per heavy atom. The fourth-order valence-electron chi connectivity index (χ4n) is 1.98. The lowest BCUT2D eigenvalue weighted by Crippen LogP contribution is -2.31. The molecule has 7 heteroatoms. The van der Waals surface area contributed by atoms with Crippen LogP contribution in [0, 0.1) is 5.82 Å². The van der Waals surface area contributed by atoms with Crippen LogP contribution in [0.5, 0.6) is 0 Å². The topological polar surface area (TPSA) is 55.9 Å². The fourth-order valence-corrected chi connectivity index (χ4v) is 2.84. The molecule has 2 aromatic rings. The lowest BCUT2D eigenvalue weighted by Gasteiger charge is -2.18. The average Bonchev–Trinajstić information content (AvgIpc) is 2.70. The molecule has 0 saturated heterocycles. The Labute approximate surface area is 123 Å². The normalized spacial score (nSPS) is 12.7. The third-order valence-corrected chi connectivity index (χ3v) is 3.90. The number of nitrogens with two attached hydrogens (primary N) is 1. The smallest absolute Gasteiger partial charge is 0.127 e. The van der Waals surface area contributed by atoms with Crippen molar-refractivity contribution in [1.29, 1.82) is 0 Å². The van der Waals surface area contributed by atoms with E-state index in [9.17, 15) is 4.39 Å². The Bertz CT molecular complexity index is 547. The number of nitrogens with zero attached hydrogens (tertiary/aromatic N) is 2. The Morgan fingerprint density at radius 1 is 1.58 bits per heavy atom. The summed E-state index contributed by atoms with van der Waals surface area (Å²) in [5, 5.41) is 4.51. The summed E-state index contributed by atoms with van der Waals surface area (Å²) in [4.78, 5) is 0. The molecule has 0 radical (unpaired) electrons. The van der Waals surface area contributed by atoms with Gasteiger partial charge in [-0.2, -0.15) is 5.10 Å². The van der Waals surface area contributed by atoms with Crippen LogP contribution in [0.15, 0.2) is 28.9 Å². The third kappa shape index (κ3) is 2.97. The molecule has 0 spiro atoms. The van der Waals surface area contributed by atoms with Crippen molar-refractivity contribution in [3.8, 4) is 0 Å². The highest BCUT2D eigenvalue weighted by atomic mass is 79.9. The van der Waals surface area contributed by atoms with Crippen molar-refractivity contribution in [3.05, 3.63) is 51.0 Å². The highest BCUT2D eigenvalue weighted by molar-refractivity contribution is 9.10. The molecule has 0 amide bonds. The molecule has 0 aliphatic heterocycles. The lowest BCUT2D eigenvalue weighted by atomic mass is 10.0. The zero-order chi connectivity index (χ0) is 14.0. The van der Waals surface area contributed by atoms with Gasteiger partial charge in [0.05, 0.1) is 22.4 Å².